The van der Waals surface area contributed by atoms with Crippen LogP contribution in [-0.2, 0) is 10.0 Å². The molecule has 6 heteroatoms. The van der Waals surface area contributed by atoms with Gasteiger partial charge in [-0.1, -0.05) is 19.1 Å². The quantitative estimate of drug-likeness (QED) is 0.851. The van der Waals surface area contributed by atoms with Gasteiger partial charge in [0.1, 0.15) is 0 Å². The van der Waals surface area contributed by atoms with Gasteiger partial charge in [0.05, 0.1) is 4.90 Å². The molecule has 2 rings (SSSR count). The lowest BCUT2D eigenvalue weighted by atomic mass is 9.99. The van der Waals surface area contributed by atoms with Crippen LogP contribution in [-0.4, -0.2) is 37.6 Å². The average molecular weight is 296 g/mol. The summed E-state index contributed by atoms with van der Waals surface area (Å²) in [4.78, 5) is 11.5. The Bertz CT molecular complexity index is 603. The number of benzene rings is 1. The maximum Gasteiger partial charge on any atom is 0.243 e. The van der Waals surface area contributed by atoms with E-state index in [0.29, 0.717) is 18.7 Å². The lowest BCUT2D eigenvalue weighted by Crippen LogP contribution is -2.48. The maximum atomic E-state index is 12.6. The molecule has 1 heterocycles. The summed E-state index contributed by atoms with van der Waals surface area (Å²) >= 11 is 0. The average Bonchev–Trinajstić information content (AvgIpc) is 2.37. The highest BCUT2D eigenvalue weighted by Crippen LogP contribution is 2.23. The zero-order valence-corrected chi connectivity index (χ0v) is 12.6. The number of rotatable bonds is 3. The summed E-state index contributed by atoms with van der Waals surface area (Å²) < 4.78 is 26.6. The predicted molar refractivity (Wildman–Crippen MR) is 77.0 cm³/mol. The van der Waals surface area contributed by atoms with Gasteiger partial charge in [0.2, 0.25) is 10.0 Å². The van der Waals surface area contributed by atoms with E-state index in [1.54, 1.807) is 12.1 Å². The van der Waals surface area contributed by atoms with Crippen LogP contribution >= 0.6 is 0 Å². The highest BCUT2D eigenvalue weighted by Gasteiger charge is 2.32. The first-order valence-electron chi connectivity index (χ1n) is 6.67. The third-order valence-electron chi connectivity index (χ3n) is 3.54. The molecule has 0 saturated carbocycles. The number of carbonyl (C=O) groups excluding carboxylic acids is 1. The zero-order valence-electron chi connectivity index (χ0n) is 11.7. The Morgan fingerprint density at radius 1 is 1.35 bits per heavy atom. The van der Waals surface area contributed by atoms with Crippen LogP contribution in [0.15, 0.2) is 29.2 Å². The molecule has 20 heavy (non-hydrogen) atoms. The van der Waals surface area contributed by atoms with Crippen molar-refractivity contribution in [2.75, 3.05) is 13.1 Å². The van der Waals surface area contributed by atoms with Gasteiger partial charge in [-0.25, -0.2) is 8.42 Å². The van der Waals surface area contributed by atoms with Crippen molar-refractivity contribution in [1.82, 2.24) is 4.31 Å². The molecule has 1 saturated heterocycles. The number of sulfonamides is 1. The van der Waals surface area contributed by atoms with Crippen molar-refractivity contribution < 1.29 is 13.2 Å². The number of carbonyl (C=O) groups is 1. The molecule has 0 aromatic heterocycles. The Morgan fingerprint density at radius 3 is 2.65 bits per heavy atom. The Kier molecular flexibility index (Phi) is 4.27. The van der Waals surface area contributed by atoms with Crippen LogP contribution in [0.4, 0.5) is 0 Å². The van der Waals surface area contributed by atoms with Crippen LogP contribution < -0.4 is 5.73 Å². The molecule has 0 spiro atoms. The lowest BCUT2D eigenvalue weighted by molar-refractivity contribution is 0.101. The van der Waals surface area contributed by atoms with E-state index in [1.165, 1.54) is 23.4 Å². The maximum absolute atomic E-state index is 12.6. The molecule has 0 amide bonds. The number of nitrogens with zero attached hydrogens (tertiary/aromatic N) is 1. The van der Waals surface area contributed by atoms with Gasteiger partial charge in [0.25, 0.3) is 0 Å². The van der Waals surface area contributed by atoms with Crippen molar-refractivity contribution in [1.29, 1.82) is 0 Å². The van der Waals surface area contributed by atoms with Gasteiger partial charge in [-0.05, 0) is 31.4 Å². The Hall–Kier alpha value is -1.24. The highest BCUT2D eigenvalue weighted by atomic mass is 32.2. The number of piperidine rings is 1. The molecule has 1 aromatic carbocycles. The molecule has 1 aromatic rings. The standard InChI is InChI=1S/C14H20N2O3S/c1-10-6-13(15)9-16(8-10)20(18,19)14-5-3-4-12(7-14)11(2)17/h3-5,7,10,13H,6,8-9,15H2,1-2H3. The van der Waals surface area contributed by atoms with Gasteiger partial charge in [-0.2, -0.15) is 4.31 Å². The van der Waals surface area contributed by atoms with E-state index in [0.717, 1.165) is 6.42 Å². The van der Waals surface area contributed by atoms with Gasteiger partial charge in [-0.3, -0.25) is 4.79 Å². The van der Waals surface area contributed by atoms with E-state index < -0.39 is 10.0 Å². The van der Waals surface area contributed by atoms with Crippen LogP contribution in [0.25, 0.3) is 0 Å². The van der Waals surface area contributed by atoms with Crippen LogP contribution in [0.5, 0.6) is 0 Å². The van der Waals surface area contributed by atoms with Crippen LogP contribution in [0.1, 0.15) is 30.6 Å². The van der Waals surface area contributed by atoms with Crippen molar-refractivity contribution in [3.8, 4) is 0 Å². The minimum atomic E-state index is -3.58. The minimum Gasteiger partial charge on any atom is -0.326 e. The lowest BCUT2D eigenvalue weighted by Gasteiger charge is -2.33. The highest BCUT2D eigenvalue weighted by molar-refractivity contribution is 7.89. The molecule has 0 bridgehead atoms. The largest absolute Gasteiger partial charge is 0.326 e. The van der Waals surface area contributed by atoms with Crippen molar-refractivity contribution in [3.05, 3.63) is 29.8 Å². The predicted octanol–water partition coefficient (Wildman–Crippen LogP) is 1.25. The summed E-state index contributed by atoms with van der Waals surface area (Å²) in [5, 5.41) is 0. The van der Waals surface area contributed by atoms with E-state index in [2.05, 4.69) is 0 Å². The van der Waals surface area contributed by atoms with Crippen LogP contribution in [0.3, 0.4) is 0 Å². The number of Topliss-reactive ketones (excluding diaryl/α,β-unsaturated/α-hetero) is 1. The van der Waals surface area contributed by atoms with Crippen LogP contribution in [0, 0.1) is 5.92 Å². The summed E-state index contributed by atoms with van der Waals surface area (Å²) in [7, 11) is -3.58. The molecule has 2 atom stereocenters. The SMILES string of the molecule is CC(=O)c1cccc(S(=O)(=O)N2CC(C)CC(N)C2)c1. The smallest absolute Gasteiger partial charge is 0.243 e. The van der Waals surface area contributed by atoms with E-state index in [4.69, 9.17) is 5.73 Å². The molecule has 1 fully saturated rings. The molecule has 1 aliphatic rings. The Balaban J connectivity index is 2.34. The van der Waals surface area contributed by atoms with Gasteiger partial charge >= 0.3 is 0 Å². The third-order valence-corrected chi connectivity index (χ3v) is 5.36. The fraction of sp³-hybridized carbons (Fsp3) is 0.500. The molecule has 1 aliphatic heterocycles. The molecular formula is C14H20N2O3S. The van der Waals surface area contributed by atoms with Gasteiger partial charge < -0.3 is 5.73 Å². The molecule has 0 radical (unpaired) electrons. The molecule has 0 aliphatic carbocycles. The van der Waals surface area contributed by atoms with E-state index in [9.17, 15) is 13.2 Å². The third kappa shape index (κ3) is 3.08. The fourth-order valence-electron chi connectivity index (χ4n) is 2.57. The second-order valence-electron chi connectivity index (χ2n) is 5.51. The first-order chi connectivity index (χ1) is 9.30. The van der Waals surface area contributed by atoms with E-state index in [-0.39, 0.29) is 22.6 Å². The van der Waals surface area contributed by atoms with Crippen molar-refractivity contribution >= 4 is 15.8 Å². The van der Waals surface area contributed by atoms with Crippen molar-refractivity contribution in [2.24, 2.45) is 11.7 Å². The molecule has 5 nitrogen and oxygen atoms in total. The normalized spacial score (nSPS) is 24.6. The van der Waals surface area contributed by atoms with E-state index in [1.807, 2.05) is 6.92 Å². The first kappa shape index (κ1) is 15.2. The molecule has 2 N–H and O–H groups in total. The zero-order chi connectivity index (χ0) is 14.9. The van der Waals surface area contributed by atoms with Gasteiger partial charge in [0.15, 0.2) is 5.78 Å². The Labute approximate surface area is 119 Å². The minimum absolute atomic E-state index is 0.135. The molecule has 2 unspecified atom stereocenters. The summed E-state index contributed by atoms with van der Waals surface area (Å²) in [5.41, 5.74) is 6.31. The van der Waals surface area contributed by atoms with Gasteiger partial charge in [0, 0.05) is 24.7 Å². The van der Waals surface area contributed by atoms with Gasteiger partial charge in [-0.15, -0.1) is 0 Å². The number of hydrogen-bond donors (Lipinski definition) is 1. The fourth-order valence-corrected chi connectivity index (χ4v) is 4.23. The Morgan fingerprint density at radius 2 is 2.05 bits per heavy atom. The molecular weight excluding hydrogens is 276 g/mol. The summed E-state index contributed by atoms with van der Waals surface area (Å²) in [6.45, 7) is 4.22. The summed E-state index contributed by atoms with van der Waals surface area (Å²) in [6.07, 6.45) is 0.833. The molecule has 110 valence electrons. The number of nitrogens with two attached hydrogens (primary N) is 1. The topological polar surface area (TPSA) is 80.5 Å². The number of hydrogen-bond acceptors (Lipinski definition) is 4. The first-order valence-corrected chi connectivity index (χ1v) is 8.11. The second kappa shape index (κ2) is 5.63. The monoisotopic (exact) mass is 296 g/mol. The summed E-state index contributed by atoms with van der Waals surface area (Å²) in [6, 6.07) is 6.03. The van der Waals surface area contributed by atoms with Crippen molar-refractivity contribution in [2.45, 2.75) is 31.2 Å². The van der Waals surface area contributed by atoms with Crippen LogP contribution in [0.2, 0.25) is 0 Å². The summed E-state index contributed by atoms with van der Waals surface area (Å²) in [5.74, 6) is 0.0929. The second-order valence-corrected chi connectivity index (χ2v) is 7.44. The number of ketones is 1. The van der Waals surface area contributed by atoms with Crippen molar-refractivity contribution in [3.63, 3.8) is 0 Å². The van der Waals surface area contributed by atoms with E-state index >= 15 is 0 Å².